The van der Waals surface area contributed by atoms with Gasteiger partial charge in [-0.2, -0.15) is 0 Å². The fourth-order valence-electron chi connectivity index (χ4n) is 2.89. The van der Waals surface area contributed by atoms with E-state index in [0.29, 0.717) is 0 Å². The van der Waals surface area contributed by atoms with Crippen LogP contribution < -0.4 is 10.5 Å². The Balaban J connectivity index is 2.10. The predicted molar refractivity (Wildman–Crippen MR) is 71.4 cm³/mol. The molecule has 2 heteroatoms. The van der Waals surface area contributed by atoms with Crippen LogP contribution >= 0.6 is 0 Å². The third-order valence-electron chi connectivity index (χ3n) is 3.86. The van der Waals surface area contributed by atoms with Crippen LogP contribution in [0.1, 0.15) is 43.2 Å². The normalized spacial score (nSPS) is 19.0. The molecule has 0 saturated heterocycles. The number of hydrogen-bond acceptors (Lipinski definition) is 2. The number of ether oxygens (including phenoxy) is 1. The fraction of sp³-hybridized carbons (Fsp3) is 0.600. The van der Waals surface area contributed by atoms with E-state index < -0.39 is 0 Å². The molecule has 0 aromatic heterocycles. The van der Waals surface area contributed by atoms with Crippen molar-refractivity contribution in [1.82, 2.24) is 0 Å². The topological polar surface area (TPSA) is 35.2 Å². The van der Waals surface area contributed by atoms with E-state index in [9.17, 15) is 0 Å². The first-order valence-corrected chi connectivity index (χ1v) is 6.55. The Kier molecular flexibility index (Phi) is 3.72. The monoisotopic (exact) mass is 233 g/mol. The Morgan fingerprint density at radius 2 is 1.94 bits per heavy atom. The molecule has 1 saturated carbocycles. The van der Waals surface area contributed by atoms with Gasteiger partial charge < -0.3 is 10.5 Å². The van der Waals surface area contributed by atoms with Crippen LogP contribution in [0.3, 0.4) is 0 Å². The van der Waals surface area contributed by atoms with Crippen molar-refractivity contribution in [3.8, 4) is 5.75 Å². The second-order valence-corrected chi connectivity index (χ2v) is 5.40. The van der Waals surface area contributed by atoms with Crippen LogP contribution in [0.5, 0.6) is 5.75 Å². The van der Waals surface area contributed by atoms with Crippen molar-refractivity contribution in [2.24, 2.45) is 5.73 Å². The molecule has 1 fully saturated rings. The maximum absolute atomic E-state index is 6.48. The molecular weight excluding hydrogens is 210 g/mol. The molecule has 2 nitrogen and oxygen atoms in total. The van der Waals surface area contributed by atoms with Crippen molar-refractivity contribution in [3.05, 3.63) is 29.3 Å². The minimum absolute atomic E-state index is 0.0271. The van der Waals surface area contributed by atoms with Crippen LogP contribution in [0.2, 0.25) is 0 Å². The molecule has 2 rings (SSSR count). The van der Waals surface area contributed by atoms with Crippen molar-refractivity contribution in [2.75, 3.05) is 7.11 Å². The van der Waals surface area contributed by atoms with Gasteiger partial charge >= 0.3 is 0 Å². The van der Waals surface area contributed by atoms with Gasteiger partial charge in [-0.1, -0.05) is 31.4 Å². The van der Waals surface area contributed by atoms with Gasteiger partial charge in [0.15, 0.2) is 0 Å². The second-order valence-electron chi connectivity index (χ2n) is 5.40. The third kappa shape index (κ3) is 3.01. The highest BCUT2D eigenvalue weighted by molar-refractivity contribution is 5.36. The average Bonchev–Trinajstić information content (AvgIpc) is 2.29. The Bertz CT molecular complexity index is 381. The molecule has 1 aliphatic rings. The van der Waals surface area contributed by atoms with Crippen LogP contribution in [0.4, 0.5) is 0 Å². The molecule has 94 valence electrons. The van der Waals surface area contributed by atoms with Crippen molar-refractivity contribution >= 4 is 0 Å². The minimum Gasteiger partial charge on any atom is -0.496 e. The van der Waals surface area contributed by atoms with Gasteiger partial charge in [-0.25, -0.2) is 0 Å². The van der Waals surface area contributed by atoms with Crippen LogP contribution in [-0.2, 0) is 6.42 Å². The standard InChI is InChI=1S/C15H23NO/c1-12-10-13(6-7-14(12)17-2)11-15(16)8-4-3-5-9-15/h6-7,10H,3-5,8-9,11,16H2,1-2H3. The summed E-state index contributed by atoms with van der Waals surface area (Å²) in [4.78, 5) is 0. The lowest BCUT2D eigenvalue weighted by Crippen LogP contribution is -2.43. The van der Waals surface area contributed by atoms with Crippen molar-refractivity contribution in [3.63, 3.8) is 0 Å². The summed E-state index contributed by atoms with van der Waals surface area (Å²) in [6.07, 6.45) is 7.24. The van der Waals surface area contributed by atoms with Crippen LogP contribution in [0.25, 0.3) is 0 Å². The number of hydrogen-bond donors (Lipinski definition) is 1. The second kappa shape index (κ2) is 5.09. The maximum Gasteiger partial charge on any atom is 0.121 e. The number of benzene rings is 1. The summed E-state index contributed by atoms with van der Waals surface area (Å²) in [5.74, 6) is 0.962. The van der Waals surface area contributed by atoms with Crippen molar-refractivity contribution < 1.29 is 4.74 Å². The Labute approximate surface area is 104 Å². The molecule has 0 bridgehead atoms. The maximum atomic E-state index is 6.48. The highest BCUT2D eigenvalue weighted by Crippen LogP contribution is 2.30. The lowest BCUT2D eigenvalue weighted by Gasteiger charge is -2.33. The molecule has 0 atom stereocenters. The summed E-state index contributed by atoms with van der Waals surface area (Å²) in [7, 11) is 1.72. The number of rotatable bonds is 3. The van der Waals surface area contributed by atoms with Crippen LogP contribution in [0, 0.1) is 6.92 Å². The summed E-state index contributed by atoms with van der Waals surface area (Å²) in [5.41, 5.74) is 9.05. The summed E-state index contributed by atoms with van der Waals surface area (Å²) < 4.78 is 5.28. The van der Waals surface area contributed by atoms with E-state index in [1.54, 1.807) is 7.11 Å². The zero-order valence-corrected chi connectivity index (χ0v) is 11.0. The Morgan fingerprint density at radius 3 is 2.53 bits per heavy atom. The first-order valence-electron chi connectivity index (χ1n) is 6.55. The molecule has 2 N–H and O–H groups in total. The van der Waals surface area contributed by atoms with E-state index in [0.717, 1.165) is 25.0 Å². The van der Waals surface area contributed by atoms with Gasteiger partial charge in [0.1, 0.15) is 5.75 Å². The largest absolute Gasteiger partial charge is 0.496 e. The summed E-state index contributed by atoms with van der Waals surface area (Å²) in [5, 5.41) is 0. The molecule has 0 amide bonds. The molecule has 0 radical (unpaired) electrons. The molecule has 17 heavy (non-hydrogen) atoms. The highest BCUT2D eigenvalue weighted by atomic mass is 16.5. The molecule has 0 aliphatic heterocycles. The molecule has 1 aliphatic carbocycles. The predicted octanol–water partition coefficient (Wildman–Crippen LogP) is 3.21. The van der Waals surface area contributed by atoms with Gasteiger partial charge in [-0.05, 0) is 43.4 Å². The molecule has 1 aromatic carbocycles. The Hall–Kier alpha value is -1.02. The third-order valence-corrected chi connectivity index (χ3v) is 3.86. The molecule has 0 unspecified atom stereocenters. The fourth-order valence-corrected chi connectivity index (χ4v) is 2.89. The van der Waals surface area contributed by atoms with Gasteiger partial charge in [0.25, 0.3) is 0 Å². The summed E-state index contributed by atoms with van der Waals surface area (Å²) in [6, 6.07) is 6.41. The van der Waals surface area contributed by atoms with Gasteiger partial charge in [-0.15, -0.1) is 0 Å². The Morgan fingerprint density at radius 1 is 1.24 bits per heavy atom. The molecule has 0 heterocycles. The summed E-state index contributed by atoms with van der Waals surface area (Å²) in [6.45, 7) is 2.09. The van der Waals surface area contributed by atoms with E-state index in [2.05, 4.69) is 25.1 Å². The van der Waals surface area contributed by atoms with Crippen molar-refractivity contribution in [1.29, 1.82) is 0 Å². The van der Waals surface area contributed by atoms with Gasteiger partial charge in [-0.3, -0.25) is 0 Å². The number of methoxy groups -OCH3 is 1. The zero-order valence-electron chi connectivity index (χ0n) is 11.0. The number of aryl methyl sites for hydroxylation is 1. The minimum atomic E-state index is 0.0271. The van der Waals surface area contributed by atoms with Crippen LogP contribution in [0.15, 0.2) is 18.2 Å². The molecular formula is C15H23NO. The zero-order chi connectivity index (χ0) is 12.3. The molecule has 1 aromatic rings. The molecule has 0 spiro atoms. The lowest BCUT2D eigenvalue weighted by atomic mass is 9.78. The van der Waals surface area contributed by atoms with Crippen LogP contribution in [-0.4, -0.2) is 12.6 Å². The first kappa shape index (κ1) is 12.4. The quantitative estimate of drug-likeness (QED) is 0.870. The highest BCUT2D eigenvalue weighted by Gasteiger charge is 2.27. The van der Waals surface area contributed by atoms with Gasteiger partial charge in [0, 0.05) is 5.54 Å². The van der Waals surface area contributed by atoms with Crippen molar-refractivity contribution in [2.45, 2.75) is 51.0 Å². The first-order chi connectivity index (χ1) is 8.13. The van der Waals surface area contributed by atoms with Gasteiger partial charge in [0.2, 0.25) is 0 Å². The van der Waals surface area contributed by atoms with Gasteiger partial charge in [0.05, 0.1) is 7.11 Å². The van der Waals surface area contributed by atoms with E-state index in [-0.39, 0.29) is 5.54 Å². The van der Waals surface area contributed by atoms with E-state index in [1.807, 2.05) is 0 Å². The smallest absolute Gasteiger partial charge is 0.121 e. The van der Waals surface area contributed by atoms with E-state index in [1.165, 1.54) is 30.4 Å². The average molecular weight is 233 g/mol. The van der Waals surface area contributed by atoms with E-state index in [4.69, 9.17) is 10.5 Å². The summed E-state index contributed by atoms with van der Waals surface area (Å²) >= 11 is 0. The number of nitrogens with two attached hydrogens (primary N) is 1. The lowest BCUT2D eigenvalue weighted by molar-refractivity contribution is 0.294. The SMILES string of the molecule is COc1ccc(CC2(N)CCCCC2)cc1C. The van der Waals surface area contributed by atoms with E-state index >= 15 is 0 Å².